The normalized spacial score (nSPS) is 23.6. The maximum atomic E-state index is 15.0. The van der Waals surface area contributed by atoms with Crippen LogP contribution in [0.2, 0.25) is 0 Å². The summed E-state index contributed by atoms with van der Waals surface area (Å²) in [6, 6.07) is 16.4. The molecule has 328 valence electrons. The van der Waals surface area contributed by atoms with Crippen LogP contribution in [0.5, 0.6) is 17.2 Å². The third kappa shape index (κ3) is 9.68. The molecule has 6 rings (SSSR count). The summed E-state index contributed by atoms with van der Waals surface area (Å²) in [6.07, 6.45) is 8.43. The van der Waals surface area contributed by atoms with Crippen molar-refractivity contribution in [3.05, 3.63) is 107 Å². The number of sulfonamides is 1. The minimum atomic E-state index is -4.27. The first-order chi connectivity index (χ1) is 29.4. The molecule has 6 atom stereocenters. The van der Waals surface area contributed by atoms with E-state index in [0.29, 0.717) is 55.0 Å². The largest absolute Gasteiger partial charge is 0.460 e. The van der Waals surface area contributed by atoms with Gasteiger partial charge in [-0.25, -0.2) is 8.42 Å². The zero-order valence-electron chi connectivity index (χ0n) is 34.9. The Morgan fingerprint density at radius 2 is 1.79 bits per heavy atom. The lowest BCUT2D eigenvalue weighted by atomic mass is 9.55. The third-order valence-electron chi connectivity index (χ3n) is 11.7. The van der Waals surface area contributed by atoms with Crippen LogP contribution in [-0.4, -0.2) is 84.8 Å². The number of fused-ring (bicyclic) bond motifs is 2. The number of rotatable bonds is 21. The first kappa shape index (κ1) is 45.4. The number of nitrogens with one attached hydrogen (secondary N) is 1. The molecule has 0 bridgehead atoms. The highest BCUT2D eigenvalue weighted by atomic mass is 32.2. The summed E-state index contributed by atoms with van der Waals surface area (Å²) in [7, 11) is -2.81. The fraction of sp³-hybridized carbons (Fsp3) is 0.467. The molecule has 0 radical (unpaired) electrons. The molecule has 16 heteroatoms. The number of ether oxygens (including phenoxy) is 3. The van der Waals surface area contributed by atoms with E-state index < -0.39 is 32.7 Å². The second-order valence-corrected chi connectivity index (χ2v) is 17.5. The number of unbranched alkanes of at least 4 members (excludes halogenated alkanes) is 2. The molecule has 2 aliphatic carbocycles. The minimum absolute atomic E-state index is 0.0191. The molecule has 6 unspecified atom stereocenters. The van der Waals surface area contributed by atoms with E-state index in [1.165, 1.54) is 42.6 Å². The monoisotopic (exact) mass is 860 g/mol. The van der Waals surface area contributed by atoms with Crippen LogP contribution >= 0.6 is 0 Å². The van der Waals surface area contributed by atoms with Crippen molar-refractivity contribution in [2.24, 2.45) is 22.9 Å². The number of aliphatic hydroxyl groups is 2. The fourth-order valence-electron chi connectivity index (χ4n) is 9.31. The van der Waals surface area contributed by atoms with E-state index in [-0.39, 0.29) is 72.8 Å². The highest BCUT2D eigenvalue weighted by Crippen LogP contribution is 2.62. The Morgan fingerprint density at radius 1 is 1.07 bits per heavy atom. The summed E-state index contributed by atoms with van der Waals surface area (Å²) in [5.41, 5.74) is 2.48. The van der Waals surface area contributed by atoms with Gasteiger partial charge in [0.05, 0.1) is 40.2 Å². The maximum Gasteiger partial charge on any atom is 0.273 e. The van der Waals surface area contributed by atoms with Crippen LogP contribution in [0, 0.1) is 27.9 Å². The van der Waals surface area contributed by atoms with Gasteiger partial charge in [-0.3, -0.25) is 14.9 Å². The zero-order valence-corrected chi connectivity index (χ0v) is 35.7. The zero-order chi connectivity index (χ0) is 43.7. The summed E-state index contributed by atoms with van der Waals surface area (Å²) < 4.78 is 52.0. The second kappa shape index (κ2) is 20.2. The van der Waals surface area contributed by atoms with Crippen LogP contribution in [0.4, 0.5) is 11.4 Å². The number of anilines is 1. The third-order valence-corrected chi connectivity index (χ3v) is 13.6. The van der Waals surface area contributed by atoms with Gasteiger partial charge in [0.1, 0.15) is 24.4 Å². The average molecular weight is 861 g/mol. The van der Waals surface area contributed by atoms with E-state index in [0.717, 1.165) is 24.0 Å². The van der Waals surface area contributed by atoms with Crippen LogP contribution in [0.15, 0.2) is 101 Å². The molecule has 3 aliphatic rings. The summed E-state index contributed by atoms with van der Waals surface area (Å²) in [6.45, 7) is 7.43. The Morgan fingerprint density at radius 3 is 2.44 bits per heavy atom. The molecule has 1 heterocycles. The van der Waals surface area contributed by atoms with Gasteiger partial charge >= 0.3 is 0 Å². The van der Waals surface area contributed by atoms with Crippen molar-refractivity contribution < 1.29 is 47.4 Å². The molecule has 0 spiro atoms. The number of amides is 1. The fourth-order valence-corrected chi connectivity index (χ4v) is 11.0. The van der Waals surface area contributed by atoms with Gasteiger partial charge in [0.15, 0.2) is 0 Å². The van der Waals surface area contributed by atoms with Crippen LogP contribution in [-0.2, 0) is 24.4 Å². The number of carbonyl (C=O) groups is 1. The van der Waals surface area contributed by atoms with Crippen molar-refractivity contribution in [2.45, 2.75) is 87.9 Å². The van der Waals surface area contributed by atoms with Gasteiger partial charge in [-0.1, -0.05) is 43.1 Å². The SMILES string of the molecule is C=CCOC12Oc3ccc(Oc4cccc([N+](=O)[O-])c4)cc3C3C(CCCCO)C(CCCCO)C=C(C(=NOC)CC1N(CCC)S(=O)(=O)c1ccc(NC(C)=O)cc1)C32. The Bertz CT molecular complexity index is 2210. The van der Waals surface area contributed by atoms with Crippen molar-refractivity contribution in [2.75, 3.05) is 38.8 Å². The summed E-state index contributed by atoms with van der Waals surface area (Å²) in [4.78, 5) is 28.4. The van der Waals surface area contributed by atoms with E-state index in [4.69, 9.17) is 19.0 Å². The maximum absolute atomic E-state index is 15.0. The highest BCUT2D eigenvalue weighted by molar-refractivity contribution is 7.89. The topological polar surface area (TPSA) is 199 Å². The van der Waals surface area contributed by atoms with E-state index >= 15 is 8.42 Å². The van der Waals surface area contributed by atoms with Gasteiger partial charge in [-0.15, -0.1) is 6.58 Å². The number of allylic oxidation sites excluding steroid dienone is 1. The van der Waals surface area contributed by atoms with Crippen LogP contribution in [0.25, 0.3) is 0 Å². The molecule has 1 saturated carbocycles. The number of non-ortho nitro benzene ring substituents is 1. The molecule has 0 saturated heterocycles. The summed E-state index contributed by atoms with van der Waals surface area (Å²) >= 11 is 0. The van der Waals surface area contributed by atoms with Crippen molar-refractivity contribution in [1.29, 1.82) is 0 Å². The number of benzene rings is 3. The second-order valence-electron chi connectivity index (χ2n) is 15.6. The van der Waals surface area contributed by atoms with Gasteiger partial charge in [0.25, 0.3) is 5.69 Å². The lowest BCUT2D eigenvalue weighted by molar-refractivity contribution is -0.384. The van der Waals surface area contributed by atoms with Crippen LogP contribution in [0.1, 0.15) is 76.7 Å². The molecule has 3 N–H and O–H groups in total. The molecule has 3 aromatic carbocycles. The number of nitro groups is 1. The average Bonchev–Trinajstić information content (AvgIpc) is 3.24. The van der Waals surface area contributed by atoms with Crippen LogP contribution in [0.3, 0.4) is 0 Å². The molecule has 61 heavy (non-hydrogen) atoms. The first-order valence-corrected chi connectivity index (χ1v) is 22.3. The minimum Gasteiger partial charge on any atom is -0.460 e. The van der Waals surface area contributed by atoms with Gasteiger partial charge in [0.2, 0.25) is 21.7 Å². The Kier molecular flexibility index (Phi) is 15.0. The van der Waals surface area contributed by atoms with Gasteiger partial charge in [-0.2, -0.15) is 4.31 Å². The standard InChI is InChI=1S/C45H56N4O11S/c1-5-22-48(61(55,56)36-19-16-32(17-20-36)46-30(3)52)42-29-40(47-57-4)38-26-31(12-7-9-23-50)37(15-8-10-24-51)43-39-28-35(59-34-14-11-13-33(27-34)49(53)54)18-21-41(39)60-45(42,44(38)43)58-25-6-2/h6,11,13-14,16-21,26-28,31,37,42-44,50-51H,2,5,7-10,12,15,22-25,29H2,1,3-4H3,(H,46,52). The van der Waals surface area contributed by atoms with E-state index in [1.807, 2.05) is 13.0 Å². The molecule has 15 nitrogen and oxygen atoms in total. The first-order valence-electron chi connectivity index (χ1n) is 20.9. The lowest BCUT2D eigenvalue weighted by Gasteiger charge is -2.59. The molecule has 3 aromatic rings. The van der Waals surface area contributed by atoms with Crippen molar-refractivity contribution >= 4 is 33.0 Å². The van der Waals surface area contributed by atoms with Gasteiger partial charge in [-0.05, 0) is 98.0 Å². The number of oxime groups is 1. The smallest absolute Gasteiger partial charge is 0.273 e. The van der Waals surface area contributed by atoms with Crippen molar-refractivity contribution in [3.8, 4) is 17.2 Å². The molecule has 1 fully saturated rings. The van der Waals surface area contributed by atoms with E-state index in [1.54, 1.807) is 42.5 Å². The predicted molar refractivity (Wildman–Crippen MR) is 230 cm³/mol. The molecular weight excluding hydrogens is 805 g/mol. The van der Waals surface area contributed by atoms with Crippen molar-refractivity contribution in [3.63, 3.8) is 0 Å². The van der Waals surface area contributed by atoms with Crippen LogP contribution < -0.4 is 14.8 Å². The van der Waals surface area contributed by atoms with Crippen molar-refractivity contribution in [1.82, 2.24) is 4.31 Å². The molecule has 1 amide bonds. The summed E-state index contributed by atoms with van der Waals surface area (Å²) in [5, 5.41) is 38.6. The molecule has 1 aliphatic heterocycles. The number of hydrogen-bond acceptors (Lipinski definition) is 12. The Balaban J connectivity index is 1.59. The van der Waals surface area contributed by atoms with Gasteiger partial charge in [0, 0.05) is 56.3 Å². The Hall–Kier alpha value is -5.13. The predicted octanol–water partition coefficient (Wildman–Crippen LogP) is 7.71. The van der Waals surface area contributed by atoms with E-state index in [2.05, 4.69) is 23.1 Å². The number of nitro benzene ring substituents is 1. The van der Waals surface area contributed by atoms with Gasteiger partial charge < -0.3 is 34.6 Å². The number of aliphatic hydroxyl groups excluding tert-OH is 2. The molecule has 0 aromatic heterocycles. The number of hydrogen-bond donors (Lipinski definition) is 3. The Labute approximate surface area is 357 Å². The number of carbonyl (C=O) groups excluding carboxylic acids is 1. The summed E-state index contributed by atoms with van der Waals surface area (Å²) in [5.74, 6) is -1.90. The molecular formula is C45H56N4O11S. The number of nitrogens with zero attached hydrogens (tertiary/aromatic N) is 3. The highest BCUT2D eigenvalue weighted by Gasteiger charge is 2.66. The lowest BCUT2D eigenvalue weighted by Crippen LogP contribution is -2.70. The van der Waals surface area contributed by atoms with E-state index in [9.17, 15) is 25.1 Å². The quantitative estimate of drug-likeness (QED) is 0.0410.